The largest absolute Gasteiger partial charge is 0.395 e. The van der Waals surface area contributed by atoms with Crippen molar-refractivity contribution < 1.29 is 5.11 Å². The van der Waals surface area contributed by atoms with Crippen molar-refractivity contribution in [2.75, 3.05) is 49.5 Å². The number of nitrogens with one attached hydrogen (secondary N) is 1. The average Bonchev–Trinajstić information content (AvgIpc) is 2.70. The molecule has 8 heteroatoms. The number of aliphatic hydroxyl groups is 1. The first-order valence-corrected chi connectivity index (χ1v) is 11.8. The lowest BCUT2D eigenvalue weighted by Gasteiger charge is -2.47. The number of nitrogens with zero attached hydrogens (tertiary/aromatic N) is 4. The molecule has 1 unspecified atom stereocenters. The molecule has 2 saturated heterocycles. The van der Waals surface area contributed by atoms with Gasteiger partial charge in [0.2, 0.25) is 0 Å². The summed E-state index contributed by atoms with van der Waals surface area (Å²) >= 11 is 12.4. The number of hydrogen-bond acceptors (Lipinski definition) is 6. The van der Waals surface area contributed by atoms with Crippen molar-refractivity contribution in [1.82, 2.24) is 14.9 Å². The fraction of sp³-hybridized carbons (Fsp3) is 0.565. The minimum absolute atomic E-state index is 0.0168. The third-order valence-corrected chi connectivity index (χ3v) is 7.15. The summed E-state index contributed by atoms with van der Waals surface area (Å²) in [5, 5.41) is 14.0. The van der Waals surface area contributed by atoms with E-state index in [1.165, 1.54) is 12.8 Å². The maximum Gasteiger partial charge on any atom is 0.150 e. The van der Waals surface area contributed by atoms with Gasteiger partial charge in [-0.15, -0.1) is 0 Å². The van der Waals surface area contributed by atoms with Gasteiger partial charge >= 0.3 is 0 Å². The molecule has 0 amide bonds. The molecule has 1 aromatic carbocycles. The van der Waals surface area contributed by atoms with Gasteiger partial charge in [-0.2, -0.15) is 0 Å². The van der Waals surface area contributed by atoms with Crippen LogP contribution in [-0.2, 0) is 0 Å². The number of β-amino-alcohol motifs (C(OH)–C–C–N with tert-alkyl or cyclic N) is 1. The van der Waals surface area contributed by atoms with Crippen molar-refractivity contribution in [1.29, 1.82) is 0 Å². The summed E-state index contributed by atoms with van der Waals surface area (Å²) in [4.78, 5) is 14.2. The van der Waals surface area contributed by atoms with E-state index < -0.39 is 0 Å². The van der Waals surface area contributed by atoms with E-state index in [4.69, 9.17) is 28.2 Å². The number of halogens is 2. The van der Waals surface area contributed by atoms with Crippen molar-refractivity contribution in [2.45, 2.75) is 32.7 Å². The molecule has 2 fully saturated rings. The third-order valence-electron chi connectivity index (χ3n) is 6.58. The second-order valence-electron chi connectivity index (χ2n) is 8.79. The van der Waals surface area contributed by atoms with Crippen LogP contribution in [0.25, 0.3) is 0 Å². The number of anilines is 2. The van der Waals surface area contributed by atoms with Gasteiger partial charge < -0.3 is 20.2 Å². The highest BCUT2D eigenvalue weighted by molar-refractivity contribution is 6.35. The second-order valence-corrected chi connectivity index (χ2v) is 9.63. The minimum Gasteiger partial charge on any atom is -0.395 e. The van der Waals surface area contributed by atoms with Gasteiger partial charge in [0, 0.05) is 36.2 Å². The van der Waals surface area contributed by atoms with Crippen molar-refractivity contribution in [3.8, 4) is 0 Å². The fourth-order valence-corrected chi connectivity index (χ4v) is 5.26. The molecule has 2 aliphatic rings. The molecule has 0 aliphatic carbocycles. The highest BCUT2D eigenvalue weighted by Gasteiger charge is 2.36. The maximum absolute atomic E-state index is 9.23. The van der Waals surface area contributed by atoms with E-state index in [9.17, 15) is 5.11 Å². The van der Waals surface area contributed by atoms with Crippen molar-refractivity contribution in [3.63, 3.8) is 0 Å². The number of benzene rings is 1. The summed E-state index contributed by atoms with van der Waals surface area (Å²) in [7, 11) is 0. The van der Waals surface area contributed by atoms with Gasteiger partial charge in [-0.3, -0.25) is 4.98 Å². The molecule has 2 N–H and O–H groups in total. The van der Waals surface area contributed by atoms with E-state index in [1.54, 1.807) is 6.07 Å². The van der Waals surface area contributed by atoms with Crippen LogP contribution >= 0.6 is 23.2 Å². The van der Waals surface area contributed by atoms with Crippen LogP contribution in [0.4, 0.5) is 11.6 Å². The lowest BCUT2D eigenvalue weighted by molar-refractivity contribution is 0.101. The van der Waals surface area contributed by atoms with Crippen molar-refractivity contribution >= 4 is 34.8 Å². The Kier molecular flexibility index (Phi) is 7.22. The van der Waals surface area contributed by atoms with Crippen LogP contribution in [0.1, 0.15) is 37.1 Å². The fourth-order valence-electron chi connectivity index (χ4n) is 4.68. The standard InChI is InChI=1S/C23H31Cl2N5O/c1-15(20-6-5-19(24)10-21(20)25)27-23-16(2)26-11-22(28-23)30-13-18(14-30)17-4-3-7-29(12-17)8-9-31/h5-6,10-11,15,17-18,31H,3-4,7-9,12-14H2,1-2H3,(H,27,28)/t15-,17?/m1/s1. The molecular weight excluding hydrogens is 433 g/mol. The van der Waals surface area contributed by atoms with Crippen LogP contribution in [0.3, 0.4) is 0 Å². The van der Waals surface area contributed by atoms with Gasteiger partial charge in [-0.05, 0) is 62.8 Å². The Morgan fingerprint density at radius 2 is 2.03 bits per heavy atom. The Bertz CT molecular complexity index is 904. The summed E-state index contributed by atoms with van der Waals surface area (Å²) in [5.74, 6) is 3.10. The van der Waals surface area contributed by atoms with E-state index >= 15 is 0 Å². The zero-order valence-electron chi connectivity index (χ0n) is 18.2. The second kappa shape index (κ2) is 9.90. The number of piperidine rings is 1. The molecule has 1 aromatic heterocycles. The Balaban J connectivity index is 1.38. The number of rotatable bonds is 7. The van der Waals surface area contributed by atoms with Crippen LogP contribution in [0.2, 0.25) is 10.0 Å². The third kappa shape index (κ3) is 5.25. The minimum atomic E-state index is -0.0168. The molecule has 168 valence electrons. The van der Waals surface area contributed by atoms with Gasteiger partial charge in [-0.25, -0.2) is 4.98 Å². The molecule has 3 heterocycles. The molecule has 0 spiro atoms. The molecule has 2 aliphatic heterocycles. The van der Waals surface area contributed by atoms with E-state index in [2.05, 4.69) is 27.0 Å². The quantitative estimate of drug-likeness (QED) is 0.633. The lowest BCUT2D eigenvalue weighted by atomic mass is 9.80. The highest BCUT2D eigenvalue weighted by Crippen LogP contribution is 2.34. The van der Waals surface area contributed by atoms with Crippen LogP contribution in [0.5, 0.6) is 0 Å². The number of aliphatic hydroxyl groups excluding tert-OH is 1. The molecule has 0 saturated carbocycles. The molecule has 0 bridgehead atoms. The summed E-state index contributed by atoms with van der Waals surface area (Å²) < 4.78 is 0. The van der Waals surface area contributed by atoms with Crippen molar-refractivity contribution in [3.05, 3.63) is 45.7 Å². The Hall–Kier alpha value is -1.60. The molecule has 31 heavy (non-hydrogen) atoms. The van der Waals surface area contributed by atoms with Gasteiger partial charge in [-0.1, -0.05) is 29.3 Å². The number of aryl methyl sites for hydroxylation is 1. The summed E-state index contributed by atoms with van der Waals surface area (Å²) in [6, 6.07) is 5.54. The number of hydrogen-bond donors (Lipinski definition) is 2. The molecular formula is C23H31Cl2N5O. The number of likely N-dealkylation sites (tertiary alicyclic amines) is 1. The first-order chi connectivity index (χ1) is 14.9. The molecule has 6 nitrogen and oxygen atoms in total. The van der Waals surface area contributed by atoms with E-state index in [0.717, 1.165) is 55.6 Å². The predicted octanol–water partition coefficient (Wildman–Crippen LogP) is 4.41. The van der Waals surface area contributed by atoms with Gasteiger partial charge in [0.25, 0.3) is 0 Å². The van der Waals surface area contributed by atoms with Gasteiger partial charge in [0.1, 0.15) is 11.6 Å². The van der Waals surface area contributed by atoms with Crippen LogP contribution in [0.15, 0.2) is 24.4 Å². The average molecular weight is 464 g/mol. The monoisotopic (exact) mass is 463 g/mol. The Morgan fingerprint density at radius 1 is 1.23 bits per heavy atom. The molecule has 2 atom stereocenters. The zero-order chi connectivity index (χ0) is 22.0. The SMILES string of the molecule is Cc1ncc(N2CC(C3CCCN(CCO)C3)C2)nc1N[C@H](C)c1ccc(Cl)cc1Cl. The zero-order valence-corrected chi connectivity index (χ0v) is 19.7. The van der Waals surface area contributed by atoms with E-state index in [1.807, 2.05) is 25.3 Å². The lowest BCUT2D eigenvalue weighted by Crippen LogP contribution is -2.54. The van der Waals surface area contributed by atoms with Crippen LogP contribution < -0.4 is 10.2 Å². The summed E-state index contributed by atoms with van der Waals surface area (Å²) in [6.07, 6.45) is 4.38. The Morgan fingerprint density at radius 3 is 2.77 bits per heavy atom. The van der Waals surface area contributed by atoms with Gasteiger partial charge in [0.15, 0.2) is 0 Å². The first kappa shape index (κ1) is 22.6. The topological polar surface area (TPSA) is 64.5 Å². The number of aromatic nitrogens is 2. The Labute approximate surface area is 194 Å². The van der Waals surface area contributed by atoms with Gasteiger partial charge in [0.05, 0.1) is 24.5 Å². The summed E-state index contributed by atoms with van der Waals surface area (Å²) in [5.41, 5.74) is 1.84. The molecule has 2 aromatic rings. The van der Waals surface area contributed by atoms with Crippen LogP contribution in [-0.4, -0.2) is 59.3 Å². The first-order valence-electron chi connectivity index (χ1n) is 11.1. The highest BCUT2D eigenvalue weighted by atomic mass is 35.5. The van der Waals surface area contributed by atoms with Crippen LogP contribution in [0, 0.1) is 18.8 Å². The van der Waals surface area contributed by atoms with Crippen molar-refractivity contribution in [2.24, 2.45) is 11.8 Å². The maximum atomic E-state index is 9.23. The normalized spacial score (nSPS) is 21.1. The van der Waals surface area contributed by atoms with E-state index in [-0.39, 0.29) is 12.6 Å². The predicted molar refractivity (Wildman–Crippen MR) is 127 cm³/mol. The smallest absolute Gasteiger partial charge is 0.150 e. The summed E-state index contributed by atoms with van der Waals surface area (Å²) in [6.45, 7) is 9.32. The van der Waals surface area contributed by atoms with E-state index in [0.29, 0.717) is 21.9 Å². The molecule has 4 rings (SSSR count). The molecule has 0 radical (unpaired) electrons.